The molecule has 3 rings (SSSR count). The first-order valence-corrected chi connectivity index (χ1v) is 5.96. The summed E-state index contributed by atoms with van der Waals surface area (Å²) >= 11 is 1.08. The Morgan fingerprint density at radius 3 is 2.80 bits per heavy atom. The van der Waals surface area contributed by atoms with Gasteiger partial charge in [0.1, 0.15) is 17.5 Å². The molecule has 102 valence electrons. The van der Waals surface area contributed by atoms with E-state index in [0.29, 0.717) is 10.8 Å². The third kappa shape index (κ3) is 2.15. The average molecular weight is 311 g/mol. The van der Waals surface area contributed by atoms with Crippen molar-refractivity contribution in [3.05, 3.63) is 46.6 Å². The minimum Gasteiger partial charge on any atom is -0.477 e. The van der Waals surface area contributed by atoms with Gasteiger partial charge < -0.3 is 5.11 Å². The van der Waals surface area contributed by atoms with E-state index in [1.807, 2.05) is 0 Å². The molecule has 3 aromatic heterocycles. The standard InChI is InChI=1S/C11H6N4O3S.ClH/c16-8-6-2-1-3-12-9(6)15(4-7(8)10(17)18)11-13-5-14-19-11;/h1-5H,(H,17,18);1H. The highest BCUT2D eigenvalue weighted by molar-refractivity contribution is 7.08. The highest BCUT2D eigenvalue weighted by atomic mass is 35.5. The molecule has 0 bridgehead atoms. The third-order valence-electron chi connectivity index (χ3n) is 2.55. The lowest BCUT2D eigenvalue weighted by atomic mass is 10.2. The van der Waals surface area contributed by atoms with Gasteiger partial charge in [0.25, 0.3) is 0 Å². The molecule has 0 aliphatic heterocycles. The molecule has 0 aliphatic rings. The summed E-state index contributed by atoms with van der Waals surface area (Å²) in [5, 5.41) is 9.76. The van der Waals surface area contributed by atoms with Gasteiger partial charge in [-0.1, -0.05) is 0 Å². The van der Waals surface area contributed by atoms with Crippen LogP contribution < -0.4 is 5.43 Å². The van der Waals surface area contributed by atoms with Crippen LogP contribution >= 0.6 is 23.9 Å². The number of rotatable bonds is 2. The van der Waals surface area contributed by atoms with Gasteiger partial charge in [0.15, 0.2) is 0 Å². The molecule has 0 aromatic carbocycles. The van der Waals surface area contributed by atoms with Crippen molar-refractivity contribution in [2.75, 3.05) is 0 Å². The molecular weight excluding hydrogens is 304 g/mol. The van der Waals surface area contributed by atoms with Crippen LogP contribution in [0, 0.1) is 0 Å². The second-order valence-corrected chi connectivity index (χ2v) is 4.40. The second kappa shape index (κ2) is 5.35. The monoisotopic (exact) mass is 310 g/mol. The van der Waals surface area contributed by atoms with Crippen LogP contribution in [0.2, 0.25) is 0 Å². The summed E-state index contributed by atoms with van der Waals surface area (Å²) in [4.78, 5) is 31.3. The number of carbonyl (C=O) groups is 1. The van der Waals surface area contributed by atoms with Crippen molar-refractivity contribution in [3.63, 3.8) is 0 Å². The number of fused-ring (bicyclic) bond motifs is 1. The van der Waals surface area contributed by atoms with Gasteiger partial charge in [0.2, 0.25) is 10.6 Å². The Bertz CT molecular complexity index is 831. The molecule has 9 heteroatoms. The number of carboxylic acid groups (broad SMARTS) is 1. The van der Waals surface area contributed by atoms with E-state index in [1.54, 1.807) is 6.07 Å². The quantitative estimate of drug-likeness (QED) is 0.767. The van der Waals surface area contributed by atoms with Crippen molar-refractivity contribution in [1.29, 1.82) is 0 Å². The van der Waals surface area contributed by atoms with Gasteiger partial charge in [-0.05, 0) is 12.1 Å². The van der Waals surface area contributed by atoms with E-state index in [4.69, 9.17) is 5.11 Å². The third-order valence-corrected chi connectivity index (χ3v) is 3.21. The van der Waals surface area contributed by atoms with Crippen LogP contribution in [0.4, 0.5) is 0 Å². The minimum absolute atomic E-state index is 0. The molecule has 0 saturated carbocycles. The van der Waals surface area contributed by atoms with E-state index in [0.717, 1.165) is 11.5 Å². The zero-order valence-electron chi connectivity index (χ0n) is 9.76. The number of nitrogens with zero attached hydrogens (tertiary/aromatic N) is 4. The van der Waals surface area contributed by atoms with Gasteiger partial charge in [0, 0.05) is 23.9 Å². The Morgan fingerprint density at radius 1 is 1.35 bits per heavy atom. The van der Waals surface area contributed by atoms with Crippen LogP contribution in [-0.2, 0) is 0 Å². The molecule has 0 saturated heterocycles. The normalized spacial score (nSPS) is 10.2. The summed E-state index contributed by atoms with van der Waals surface area (Å²) in [5.74, 6) is -1.28. The zero-order valence-corrected chi connectivity index (χ0v) is 11.4. The summed E-state index contributed by atoms with van der Waals surface area (Å²) in [6, 6.07) is 3.12. The fourth-order valence-electron chi connectivity index (χ4n) is 1.73. The topological polar surface area (TPSA) is 98.0 Å². The summed E-state index contributed by atoms with van der Waals surface area (Å²) < 4.78 is 5.31. The molecule has 1 N–H and O–H groups in total. The fraction of sp³-hybridized carbons (Fsp3) is 0. The van der Waals surface area contributed by atoms with E-state index < -0.39 is 11.4 Å². The van der Waals surface area contributed by atoms with Crippen LogP contribution in [0.5, 0.6) is 0 Å². The minimum atomic E-state index is -1.28. The SMILES string of the molecule is Cl.O=C(O)c1cn(-c2ncns2)c2ncccc2c1=O. The van der Waals surface area contributed by atoms with Crippen LogP contribution in [-0.4, -0.2) is 30.0 Å². The first-order chi connectivity index (χ1) is 9.18. The Kier molecular flexibility index (Phi) is 3.77. The molecule has 3 heterocycles. The number of aromatic nitrogens is 4. The van der Waals surface area contributed by atoms with Crippen molar-refractivity contribution in [1.82, 2.24) is 18.9 Å². The Hall–Kier alpha value is -2.32. The molecule has 3 aromatic rings. The molecule has 0 atom stereocenters. The van der Waals surface area contributed by atoms with Crippen LogP contribution in [0.25, 0.3) is 16.2 Å². The molecule has 20 heavy (non-hydrogen) atoms. The second-order valence-electron chi connectivity index (χ2n) is 3.65. The number of aromatic carboxylic acids is 1. The van der Waals surface area contributed by atoms with E-state index in [9.17, 15) is 9.59 Å². The lowest BCUT2D eigenvalue weighted by Crippen LogP contribution is -2.18. The maximum atomic E-state index is 12.0. The largest absolute Gasteiger partial charge is 0.477 e. The Balaban J connectivity index is 0.00000147. The van der Waals surface area contributed by atoms with E-state index in [1.165, 1.54) is 29.4 Å². The summed E-state index contributed by atoms with van der Waals surface area (Å²) in [6.45, 7) is 0. The summed E-state index contributed by atoms with van der Waals surface area (Å²) in [6.07, 6.45) is 4.10. The van der Waals surface area contributed by atoms with Gasteiger partial charge in [-0.2, -0.15) is 4.37 Å². The number of pyridine rings is 2. The van der Waals surface area contributed by atoms with Gasteiger partial charge in [-0.3, -0.25) is 9.36 Å². The van der Waals surface area contributed by atoms with Crippen LogP contribution in [0.15, 0.2) is 35.6 Å². The lowest BCUT2D eigenvalue weighted by molar-refractivity contribution is 0.0695. The molecule has 0 amide bonds. The molecule has 0 aliphatic carbocycles. The average Bonchev–Trinajstić information content (AvgIpc) is 2.93. The van der Waals surface area contributed by atoms with E-state index >= 15 is 0 Å². The molecule has 0 fully saturated rings. The lowest BCUT2D eigenvalue weighted by Gasteiger charge is -2.07. The predicted molar refractivity (Wildman–Crippen MR) is 75.0 cm³/mol. The van der Waals surface area contributed by atoms with Gasteiger partial charge >= 0.3 is 5.97 Å². The summed E-state index contributed by atoms with van der Waals surface area (Å²) in [5.41, 5.74) is -0.527. The first kappa shape index (κ1) is 14.1. The number of hydrogen-bond acceptors (Lipinski definition) is 6. The van der Waals surface area contributed by atoms with Crippen LogP contribution in [0.3, 0.4) is 0 Å². The van der Waals surface area contributed by atoms with E-state index in [-0.39, 0.29) is 23.4 Å². The van der Waals surface area contributed by atoms with Gasteiger partial charge in [-0.15, -0.1) is 12.4 Å². The van der Waals surface area contributed by atoms with Gasteiger partial charge in [0.05, 0.1) is 5.39 Å². The molecule has 0 spiro atoms. The van der Waals surface area contributed by atoms with Crippen molar-refractivity contribution in [2.24, 2.45) is 0 Å². The molecule has 7 nitrogen and oxygen atoms in total. The van der Waals surface area contributed by atoms with Gasteiger partial charge in [-0.25, -0.2) is 14.8 Å². The highest BCUT2D eigenvalue weighted by Gasteiger charge is 2.16. The first-order valence-electron chi connectivity index (χ1n) is 5.19. The maximum Gasteiger partial charge on any atom is 0.341 e. The smallest absolute Gasteiger partial charge is 0.341 e. The highest BCUT2D eigenvalue weighted by Crippen LogP contribution is 2.16. The van der Waals surface area contributed by atoms with Crippen molar-refractivity contribution in [3.8, 4) is 5.13 Å². The Labute approximate surface area is 122 Å². The number of hydrogen-bond donors (Lipinski definition) is 1. The fourth-order valence-corrected chi connectivity index (χ4v) is 2.24. The molecule has 0 radical (unpaired) electrons. The van der Waals surface area contributed by atoms with Crippen molar-refractivity contribution >= 4 is 40.9 Å². The van der Waals surface area contributed by atoms with E-state index in [2.05, 4.69) is 14.3 Å². The maximum absolute atomic E-state index is 12.0. The number of halogens is 1. The van der Waals surface area contributed by atoms with Crippen molar-refractivity contribution in [2.45, 2.75) is 0 Å². The Morgan fingerprint density at radius 2 is 2.15 bits per heavy atom. The van der Waals surface area contributed by atoms with Crippen molar-refractivity contribution < 1.29 is 9.90 Å². The molecule has 0 unspecified atom stereocenters. The van der Waals surface area contributed by atoms with Crippen LogP contribution in [0.1, 0.15) is 10.4 Å². The predicted octanol–water partition coefficient (Wildman–Crippen LogP) is 1.36. The molecular formula is C11H7ClN4O3S. The summed E-state index contributed by atoms with van der Waals surface area (Å²) in [7, 11) is 0. The number of carboxylic acids is 1. The zero-order chi connectivity index (χ0) is 13.4.